The van der Waals surface area contributed by atoms with Crippen LogP contribution in [0.25, 0.3) is 16.7 Å². The fourth-order valence-corrected chi connectivity index (χ4v) is 2.61. The molecule has 3 rings (SSSR count). The molecule has 0 aliphatic rings. The molecule has 1 aromatic heterocycles. The van der Waals surface area contributed by atoms with Crippen LogP contribution in [0.15, 0.2) is 30.3 Å². The third kappa shape index (κ3) is 2.12. The molecule has 1 heterocycles. The van der Waals surface area contributed by atoms with E-state index in [0.717, 1.165) is 0 Å². The first-order valence-corrected chi connectivity index (χ1v) is 7.01. The number of imidazole rings is 1. The highest BCUT2D eigenvalue weighted by Gasteiger charge is 2.14. The topological polar surface area (TPSA) is 43.8 Å². The normalized spacial score (nSPS) is 11.2. The van der Waals surface area contributed by atoms with Crippen molar-refractivity contribution in [3.05, 3.63) is 50.6 Å². The Morgan fingerprint density at radius 2 is 1.90 bits per heavy atom. The number of hydrogen-bond donors (Lipinski definition) is 1. The number of hydrogen-bond acceptors (Lipinski definition) is 2. The molecule has 3 aromatic rings. The number of nitrogen functional groups attached to an aromatic ring is 1. The molecule has 0 bridgehead atoms. The zero-order valence-electron chi connectivity index (χ0n) is 9.87. The maximum Gasteiger partial charge on any atom is 0.205 e. The quantitative estimate of drug-likeness (QED) is 0.618. The Labute approximate surface area is 131 Å². The fourth-order valence-electron chi connectivity index (χ4n) is 1.99. The van der Waals surface area contributed by atoms with Crippen LogP contribution < -0.4 is 5.73 Å². The molecule has 0 spiro atoms. The third-order valence-electron chi connectivity index (χ3n) is 2.88. The third-order valence-corrected chi connectivity index (χ3v) is 4.00. The van der Waals surface area contributed by atoms with E-state index in [-0.39, 0.29) is 16.8 Å². The van der Waals surface area contributed by atoms with Gasteiger partial charge in [0.05, 0.1) is 25.3 Å². The first-order valence-electron chi connectivity index (χ1n) is 5.56. The van der Waals surface area contributed by atoms with E-state index in [2.05, 4.69) is 4.98 Å². The SMILES string of the molecule is Nc1nc2cc(I)c(F)cc2n1-c1ccc(F)c(Cl)c1. The standard InChI is InChI=1S/C13H7ClF2IN3/c14-7-3-6(1-2-8(7)15)20-12-4-9(16)10(17)5-11(12)19-13(20)18/h1-5H,(H2,18,19). The molecule has 0 atom stereocenters. The molecular weight excluding hydrogens is 399 g/mol. The van der Waals surface area contributed by atoms with Crippen molar-refractivity contribution in [3.63, 3.8) is 0 Å². The van der Waals surface area contributed by atoms with Gasteiger partial charge in [0.1, 0.15) is 11.6 Å². The number of halogens is 4. The van der Waals surface area contributed by atoms with Crippen molar-refractivity contribution >= 4 is 51.2 Å². The molecule has 102 valence electrons. The molecule has 7 heteroatoms. The number of nitrogens with zero attached hydrogens (tertiary/aromatic N) is 2. The number of fused-ring (bicyclic) bond motifs is 1. The van der Waals surface area contributed by atoms with Crippen molar-refractivity contribution < 1.29 is 8.78 Å². The second-order valence-corrected chi connectivity index (χ2v) is 5.73. The second kappa shape index (κ2) is 4.85. The van der Waals surface area contributed by atoms with Crippen LogP contribution in [0.2, 0.25) is 5.02 Å². The average molecular weight is 406 g/mol. The fraction of sp³-hybridized carbons (Fsp3) is 0. The van der Waals surface area contributed by atoms with Crippen LogP contribution >= 0.6 is 34.2 Å². The Balaban J connectivity index is 2.32. The van der Waals surface area contributed by atoms with Crippen LogP contribution in [0.3, 0.4) is 0 Å². The van der Waals surface area contributed by atoms with Gasteiger partial charge in [-0.05, 0) is 46.9 Å². The molecule has 0 saturated heterocycles. The smallest absolute Gasteiger partial charge is 0.205 e. The monoisotopic (exact) mass is 405 g/mol. The van der Waals surface area contributed by atoms with E-state index in [1.54, 1.807) is 6.07 Å². The summed E-state index contributed by atoms with van der Waals surface area (Å²) in [7, 11) is 0. The summed E-state index contributed by atoms with van der Waals surface area (Å²) in [6.07, 6.45) is 0. The molecular formula is C13H7ClF2IN3. The van der Waals surface area contributed by atoms with Crippen molar-refractivity contribution in [3.8, 4) is 5.69 Å². The number of aromatic nitrogens is 2. The molecule has 0 saturated carbocycles. The average Bonchev–Trinajstić information content (AvgIpc) is 2.69. The number of anilines is 1. The molecule has 2 aromatic carbocycles. The van der Waals surface area contributed by atoms with Crippen molar-refractivity contribution in [2.45, 2.75) is 0 Å². The van der Waals surface area contributed by atoms with Gasteiger partial charge in [0.25, 0.3) is 0 Å². The predicted octanol–water partition coefficient (Wildman–Crippen LogP) is 4.14. The maximum absolute atomic E-state index is 13.7. The van der Waals surface area contributed by atoms with Crippen LogP contribution in [0, 0.1) is 15.2 Å². The van der Waals surface area contributed by atoms with Gasteiger partial charge in [-0.15, -0.1) is 0 Å². The Bertz CT molecular complexity index is 832. The van der Waals surface area contributed by atoms with E-state index < -0.39 is 5.82 Å². The summed E-state index contributed by atoms with van der Waals surface area (Å²) in [5, 5.41) is -0.0327. The number of rotatable bonds is 1. The van der Waals surface area contributed by atoms with E-state index in [1.165, 1.54) is 28.8 Å². The predicted molar refractivity (Wildman–Crippen MR) is 83.1 cm³/mol. The summed E-state index contributed by atoms with van der Waals surface area (Å²) in [5.41, 5.74) is 7.46. The summed E-state index contributed by atoms with van der Waals surface area (Å²) in [6.45, 7) is 0. The van der Waals surface area contributed by atoms with Gasteiger partial charge in [0.2, 0.25) is 5.95 Å². The highest BCUT2D eigenvalue weighted by atomic mass is 127. The lowest BCUT2D eigenvalue weighted by Gasteiger charge is -2.07. The molecule has 0 aliphatic heterocycles. The van der Waals surface area contributed by atoms with Gasteiger partial charge in [0.15, 0.2) is 0 Å². The first kappa shape index (κ1) is 13.6. The van der Waals surface area contributed by atoms with Crippen molar-refractivity contribution in [1.29, 1.82) is 0 Å². The number of benzene rings is 2. The van der Waals surface area contributed by atoms with E-state index in [1.807, 2.05) is 22.6 Å². The molecule has 3 nitrogen and oxygen atoms in total. The van der Waals surface area contributed by atoms with E-state index in [4.69, 9.17) is 17.3 Å². The van der Waals surface area contributed by atoms with Crippen molar-refractivity contribution in [2.24, 2.45) is 0 Å². The summed E-state index contributed by atoms with van der Waals surface area (Å²) >= 11 is 7.65. The largest absolute Gasteiger partial charge is 0.369 e. The van der Waals surface area contributed by atoms with Gasteiger partial charge in [-0.3, -0.25) is 4.57 Å². The molecule has 2 N–H and O–H groups in total. The lowest BCUT2D eigenvalue weighted by molar-refractivity contribution is 0.621. The highest BCUT2D eigenvalue weighted by molar-refractivity contribution is 14.1. The minimum atomic E-state index is -0.529. The zero-order valence-corrected chi connectivity index (χ0v) is 12.8. The summed E-state index contributed by atoms with van der Waals surface area (Å²) in [5.74, 6) is -0.712. The van der Waals surface area contributed by atoms with Gasteiger partial charge >= 0.3 is 0 Å². The van der Waals surface area contributed by atoms with Crippen LogP contribution in [-0.2, 0) is 0 Å². The summed E-state index contributed by atoms with van der Waals surface area (Å²) in [4.78, 5) is 4.18. The van der Waals surface area contributed by atoms with Crippen LogP contribution in [-0.4, -0.2) is 9.55 Å². The van der Waals surface area contributed by atoms with Crippen LogP contribution in [0.4, 0.5) is 14.7 Å². The van der Waals surface area contributed by atoms with Crippen LogP contribution in [0.5, 0.6) is 0 Å². The maximum atomic E-state index is 13.7. The van der Waals surface area contributed by atoms with Crippen molar-refractivity contribution in [1.82, 2.24) is 9.55 Å². The summed E-state index contributed by atoms with van der Waals surface area (Å²) < 4.78 is 28.9. The van der Waals surface area contributed by atoms with E-state index in [9.17, 15) is 8.78 Å². The van der Waals surface area contributed by atoms with Crippen molar-refractivity contribution in [2.75, 3.05) is 5.73 Å². The van der Waals surface area contributed by atoms with Gasteiger partial charge in [-0.2, -0.15) is 0 Å². The highest BCUT2D eigenvalue weighted by Crippen LogP contribution is 2.28. The van der Waals surface area contributed by atoms with Gasteiger partial charge in [0, 0.05) is 6.07 Å². The molecule has 20 heavy (non-hydrogen) atoms. The molecule has 0 unspecified atom stereocenters. The first-order chi connectivity index (χ1) is 9.47. The van der Waals surface area contributed by atoms with Gasteiger partial charge in [-0.1, -0.05) is 11.6 Å². The lowest BCUT2D eigenvalue weighted by atomic mass is 10.2. The minimum Gasteiger partial charge on any atom is -0.369 e. The Morgan fingerprint density at radius 3 is 2.60 bits per heavy atom. The minimum absolute atomic E-state index is 0.0327. The van der Waals surface area contributed by atoms with E-state index >= 15 is 0 Å². The Morgan fingerprint density at radius 1 is 1.15 bits per heavy atom. The molecule has 0 amide bonds. The molecule has 0 aliphatic carbocycles. The Hall–Kier alpha value is -1.41. The van der Waals surface area contributed by atoms with Crippen LogP contribution in [0.1, 0.15) is 0 Å². The Kier molecular flexibility index (Phi) is 3.29. The van der Waals surface area contributed by atoms with Gasteiger partial charge in [-0.25, -0.2) is 13.8 Å². The van der Waals surface area contributed by atoms with Gasteiger partial charge < -0.3 is 5.73 Å². The second-order valence-electron chi connectivity index (χ2n) is 4.16. The van der Waals surface area contributed by atoms with E-state index in [0.29, 0.717) is 20.3 Å². The summed E-state index contributed by atoms with van der Waals surface area (Å²) in [6, 6.07) is 7.10. The molecule has 0 fully saturated rings. The lowest BCUT2D eigenvalue weighted by Crippen LogP contribution is -2.01. The molecule has 0 radical (unpaired) electrons. The number of nitrogens with two attached hydrogens (primary N) is 1. The zero-order chi connectivity index (χ0) is 14.4.